The van der Waals surface area contributed by atoms with Crippen LogP contribution in [0, 0.1) is 0 Å². The number of nitrogens with zero attached hydrogens (tertiary/aromatic N) is 2. The molecular formula is C7H2N4O3S. The van der Waals surface area contributed by atoms with E-state index in [0.717, 1.165) is 11.7 Å². The first-order valence-corrected chi connectivity index (χ1v) is 4.66. The van der Waals surface area contributed by atoms with Crippen molar-refractivity contribution in [3.05, 3.63) is 21.6 Å². The van der Waals surface area contributed by atoms with Gasteiger partial charge in [-0.15, -0.1) is 0 Å². The van der Waals surface area contributed by atoms with Gasteiger partial charge in [0.05, 0.1) is 17.3 Å². The molecule has 0 atom stereocenters. The minimum absolute atomic E-state index is 0.0369. The zero-order valence-corrected chi connectivity index (χ0v) is 7.84. The van der Waals surface area contributed by atoms with Crippen LogP contribution in [-0.4, -0.2) is 25.5 Å². The molecule has 0 unspecified atom stereocenters. The lowest BCUT2D eigenvalue weighted by Gasteiger charge is -1.92. The third-order valence-electron chi connectivity index (χ3n) is 2.11. The molecule has 0 radical (unpaired) electrons. The summed E-state index contributed by atoms with van der Waals surface area (Å²) in [5, 5.41) is 2.08. The lowest BCUT2D eigenvalue weighted by atomic mass is 10.2. The lowest BCUT2D eigenvalue weighted by Crippen LogP contribution is -2.20. The molecule has 2 aromatic heterocycles. The molecule has 0 fully saturated rings. The van der Waals surface area contributed by atoms with Gasteiger partial charge < -0.3 is 4.98 Å². The summed E-state index contributed by atoms with van der Waals surface area (Å²) < 4.78 is 7.58. The number of hydrogen-bond donors (Lipinski definition) is 2. The SMILES string of the molecule is O=C1NC(=O)c2c1[nH]c(=O)c1nsnc21. The summed E-state index contributed by atoms with van der Waals surface area (Å²) in [7, 11) is 0. The Morgan fingerprint density at radius 2 is 1.73 bits per heavy atom. The average molecular weight is 222 g/mol. The van der Waals surface area contributed by atoms with Gasteiger partial charge in [0.15, 0.2) is 5.52 Å². The number of imide groups is 1. The van der Waals surface area contributed by atoms with Gasteiger partial charge in [-0.25, -0.2) is 0 Å². The Labute approximate surface area is 85.5 Å². The van der Waals surface area contributed by atoms with E-state index >= 15 is 0 Å². The molecule has 0 aromatic carbocycles. The topological polar surface area (TPSA) is 105 Å². The number of pyridine rings is 1. The number of amides is 2. The number of aromatic nitrogens is 3. The predicted molar refractivity (Wildman–Crippen MR) is 49.8 cm³/mol. The minimum atomic E-state index is -0.609. The van der Waals surface area contributed by atoms with E-state index in [0.29, 0.717) is 0 Å². The van der Waals surface area contributed by atoms with E-state index in [-0.39, 0.29) is 22.3 Å². The average Bonchev–Trinajstić information content (AvgIpc) is 2.73. The molecule has 74 valence electrons. The van der Waals surface area contributed by atoms with E-state index < -0.39 is 17.4 Å². The molecule has 1 aliphatic heterocycles. The summed E-state index contributed by atoms with van der Waals surface area (Å²) in [6, 6.07) is 0. The van der Waals surface area contributed by atoms with Crippen molar-refractivity contribution in [2.45, 2.75) is 0 Å². The Morgan fingerprint density at radius 3 is 2.53 bits per heavy atom. The number of hydrogen-bond acceptors (Lipinski definition) is 6. The Bertz CT molecular complexity index is 670. The van der Waals surface area contributed by atoms with Crippen molar-refractivity contribution in [2.24, 2.45) is 0 Å². The third kappa shape index (κ3) is 0.907. The predicted octanol–water partition coefficient (Wildman–Crippen LogP) is -0.737. The number of carbonyl (C=O) groups is 2. The first kappa shape index (κ1) is 8.24. The van der Waals surface area contributed by atoms with Gasteiger partial charge in [0.25, 0.3) is 17.4 Å². The molecular weight excluding hydrogens is 220 g/mol. The maximum Gasteiger partial charge on any atom is 0.277 e. The van der Waals surface area contributed by atoms with E-state index in [1.54, 1.807) is 0 Å². The monoisotopic (exact) mass is 222 g/mol. The molecule has 1 aliphatic rings. The standard InChI is InChI=1S/C7H2N4O3S/c12-5-1-2-4(11-15-10-2)7(14)8-3(1)6(13)9-5/h(H,8,14)(H,9,12,13). The molecule has 0 bridgehead atoms. The van der Waals surface area contributed by atoms with Crippen molar-refractivity contribution in [1.29, 1.82) is 0 Å². The number of nitrogens with one attached hydrogen (secondary N) is 2. The number of fused-ring (bicyclic) bond motifs is 3. The van der Waals surface area contributed by atoms with Gasteiger partial charge in [-0.1, -0.05) is 0 Å². The Hall–Kier alpha value is -2.09. The highest BCUT2D eigenvalue weighted by atomic mass is 32.1. The summed E-state index contributed by atoms with van der Waals surface area (Å²) >= 11 is 0.825. The summed E-state index contributed by atoms with van der Waals surface area (Å²) in [6.45, 7) is 0. The molecule has 15 heavy (non-hydrogen) atoms. The van der Waals surface area contributed by atoms with Crippen LogP contribution < -0.4 is 10.9 Å². The minimum Gasteiger partial charge on any atom is -0.315 e. The van der Waals surface area contributed by atoms with Crippen molar-refractivity contribution < 1.29 is 9.59 Å². The fraction of sp³-hybridized carbons (Fsp3) is 0. The largest absolute Gasteiger partial charge is 0.315 e. The van der Waals surface area contributed by atoms with Crippen LogP contribution in [0.2, 0.25) is 0 Å². The molecule has 7 nitrogen and oxygen atoms in total. The van der Waals surface area contributed by atoms with Gasteiger partial charge in [0.2, 0.25) is 0 Å². The van der Waals surface area contributed by atoms with Gasteiger partial charge in [-0.2, -0.15) is 8.75 Å². The van der Waals surface area contributed by atoms with Gasteiger partial charge in [0.1, 0.15) is 11.2 Å². The van der Waals surface area contributed by atoms with E-state index in [2.05, 4.69) is 19.0 Å². The second kappa shape index (κ2) is 2.48. The molecule has 0 saturated carbocycles. The summed E-state index contributed by atoms with van der Waals surface area (Å²) in [5.74, 6) is -1.16. The molecule has 2 N–H and O–H groups in total. The number of carbonyl (C=O) groups excluding carboxylic acids is 2. The Kier molecular flexibility index (Phi) is 1.36. The summed E-state index contributed by atoms with van der Waals surface area (Å²) in [6.07, 6.45) is 0. The molecule has 8 heteroatoms. The quantitative estimate of drug-likeness (QED) is 0.571. The van der Waals surface area contributed by atoms with E-state index in [1.165, 1.54) is 0 Å². The van der Waals surface area contributed by atoms with Crippen LogP contribution in [0.4, 0.5) is 0 Å². The van der Waals surface area contributed by atoms with Crippen molar-refractivity contribution in [3.63, 3.8) is 0 Å². The first-order valence-electron chi connectivity index (χ1n) is 3.92. The van der Waals surface area contributed by atoms with Gasteiger partial charge in [0, 0.05) is 0 Å². The van der Waals surface area contributed by atoms with Crippen molar-refractivity contribution >= 4 is 34.6 Å². The zero-order chi connectivity index (χ0) is 10.6. The van der Waals surface area contributed by atoms with Crippen LogP contribution in [0.25, 0.3) is 11.0 Å². The van der Waals surface area contributed by atoms with E-state index in [1.807, 2.05) is 0 Å². The smallest absolute Gasteiger partial charge is 0.277 e. The van der Waals surface area contributed by atoms with Crippen molar-refractivity contribution in [2.75, 3.05) is 0 Å². The fourth-order valence-electron chi connectivity index (χ4n) is 1.47. The van der Waals surface area contributed by atoms with Crippen LogP contribution in [-0.2, 0) is 0 Å². The molecule has 2 amide bonds. The van der Waals surface area contributed by atoms with Gasteiger partial charge in [-0.3, -0.25) is 19.7 Å². The van der Waals surface area contributed by atoms with Gasteiger partial charge in [-0.05, 0) is 0 Å². The highest BCUT2D eigenvalue weighted by Crippen LogP contribution is 2.19. The van der Waals surface area contributed by atoms with Crippen LogP contribution in [0.1, 0.15) is 20.8 Å². The number of H-pyrrole nitrogens is 1. The fourth-order valence-corrected chi connectivity index (χ4v) is 2.03. The van der Waals surface area contributed by atoms with E-state index in [9.17, 15) is 14.4 Å². The summed E-state index contributed by atoms with van der Waals surface area (Å²) in [4.78, 5) is 36.4. The zero-order valence-electron chi connectivity index (χ0n) is 7.03. The van der Waals surface area contributed by atoms with Gasteiger partial charge >= 0.3 is 0 Å². The maximum atomic E-state index is 11.4. The molecule has 3 rings (SSSR count). The maximum absolute atomic E-state index is 11.4. The van der Waals surface area contributed by atoms with Crippen LogP contribution in [0.3, 0.4) is 0 Å². The first-order chi connectivity index (χ1) is 7.18. The second-order valence-electron chi connectivity index (χ2n) is 2.95. The summed E-state index contributed by atoms with van der Waals surface area (Å²) in [5.41, 5.74) is -0.179. The lowest BCUT2D eigenvalue weighted by molar-refractivity contribution is 0.0878. The highest BCUT2D eigenvalue weighted by molar-refractivity contribution is 7.00. The van der Waals surface area contributed by atoms with Crippen LogP contribution in [0.15, 0.2) is 4.79 Å². The second-order valence-corrected chi connectivity index (χ2v) is 3.48. The van der Waals surface area contributed by atoms with E-state index in [4.69, 9.17) is 0 Å². The van der Waals surface area contributed by atoms with Crippen LogP contribution >= 0.6 is 11.7 Å². The normalized spacial score (nSPS) is 14.4. The highest BCUT2D eigenvalue weighted by Gasteiger charge is 2.32. The van der Waals surface area contributed by atoms with Crippen LogP contribution in [0.5, 0.6) is 0 Å². The molecule has 0 aliphatic carbocycles. The van der Waals surface area contributed by atoms with Crippen molar-refractivity contribution in [3.8, 4) is 0 Å². The number of rotatable bonds is 0. The Balaban J connectivity index is 2.59. The molecule has 2 aromatic rings. The molecule has 0 saturated heterocycles. The van der Waals surface area contributed by atoms with Crippen molar-refractivity contribution in [1.82, 2.24) is 19.0 Å². The molecule has 0 spiro atoms. The third-order valence-corrected chi connectivity index (χ3v) is 2.64. The Morgan fingerprint density at radius 1 is 1.00 bits per heavy atom. The molecule has 3 heterocycles. The number of aromatic amines is 1.